The van der Waals surface area contributed by atoms with Crippen molar-refractivity contribution in [2.24, 2.45) is 0 Å². The molecule has 2 aromatic rings. The molecule has 6 heteroatoms. The minimum atomic E-state index is 0.00250. The van der Waals surface area contributed by atoms with Gasteiger partial charge < -0.3 is 4.90 Å². The summed E-state index contributed by atoms with van der Waals surface area (Å²) in [5.74, 6) is 0.231. The molecule has 116 valence electrons. The molecule has 22 heavy (non-hydrogen) atoms. The fraction of sp³-hybridized carbons (Fsp3) is 0.438. The maximum Gasteiger partial charge on any atom is 0.262 e. The molecule has 1 aromatic heterocycles. The van der Waals surface area contributed by atoms with E-state index < -0.39 is 0 Å². The first-order valence-corrected chi connectivity index (χ1v) is 8.74. The van der Waals surface area contributed by atoms with Gasteiger partial charge in [-0.1, -0.05) is 23.9 Å². The van der Waals surface area contributed by atoms with Crippen molar-refractivity contribution < 1.29 is 4.79 Å². The Kier molecular flexibility index (Phi) is 4.47. The lowest BCUT2D eigenvalue weighted by molar-refractivity contribution is -0.127. The van der Waals surface area contributed by atoms with Crippen LogP contribution in [0.5, 0.6) is 0 Å². The lowest BCUT2D eigenvalue weighted by Crippen LogP contribution is -2.29. The molecule has 3 rings (SSSR count). The van der Waals surface area contributed by atoms with Gasteiger partial charge in [0.05, 0.1) is 10.9 Å². The number of benzene rings is 1. The molecule has 0 atom stereocenters. The van der Waals surface area contributed by atoms with Crippen LogP contribution in [0.15, 0.2) is 34.2 Å². The average Bonchev–Trinajstić information content (AvgIpc) is 2.94. The van der Waals surface area contributed by atoms with Crippen molar-refractivity contribution in [1.29, 1.82) is 0 Å². The van der Waals surface area contributed by atoms with Crippen LogP contribution in [0.3, 0.4) is 0 Å². The van der Waals surface area contributed by atoms with Gasteiger partial charge in [0, 0.05) is 26.1 Å². The molecule has 0 radical (unpaired) electrons. The second kappa shape index (κ2) is 6.52. The molecule has 1 amide bonds. The van der Waals surface area contributed by atoms with E-state index in [0.717, 1.165) is 30.1 Å². The largest absolute Gasteiger partial charge is 0.343 e. The third-order valence-electron chi connectivity index (χ3n) is 3.99. The summed E-state index contributed by atoms with van der Waals surface area (Å²) in [5.41, 5.74) is 0.741. The molecule has 0 aliphatic carbocycles. The predicted molar refractivity (Wildman–Crippen MR) is 88.2 cm³/mol. The van der Waals surface area contributed by atoms with E-state index in [1.165, 1.54) is 11.8 Å². The molecular formula is C16H19N3O2S. The summed E-state index contributed by atoms with van der Waals surface area (Å²) < 4.78 is 1.73. The van der Waals surface area contributed by atoms with Gasteiger partial charge in [-0.05, 0) is 31.2 Å². The first-order valence-electron chi connectivity index (χ1n) is 7.52. The number of hydrogen-bond donors (Lipinski definition) is 0. The highest BCUT2D eigenvalue weighted by molar-refractivity contribution is 7.98. The molecule has 0 spiro atoms. The number of para-hydroxylation sites is 1. The Bertz CT molecular complexity index is 757. The van der Waals surface area contributed by atoms with E-state index in [9.17, 15) is 9.59 Å². The second-order valence-electron chi connectivity index (χ2n) is 5.41. The molecule has 1 aliphatic heterocycles. The number of hydrogen-bond acceptors (Lipinski definition) is 4. The number of likely N-dealkylation sites (tertiary alicyclic amines) is 1. The smallest absolute Gasteiger partial charge is 0.262 e. The van der Waals surface area contributed by atoms with Crippen molar-refractivity contribution in [3.05, 3.63) is 34.6 Å². The number of carbonyl (C=O) groups excluding carboxylic acids is 1. The molecule has 0 N–H and O–H groups in total. The molecule has 1 fully saturated rings. The van der Waals surface area contributed by atoms with Gasteiger partial charge in [0.2, 0.25) is 5.91 Å². The molecule has 0 unspecified atom stereocenters. The predicted octanol–water partition coefficient (Wildman–Crippen LogP) is 2.13. The zero-order chi connectivity index (χ0) is 15.5. The Hall–Kier alpha value is -1.82. The topological polar surface area (TPSA) is 55.2 Å². The number of amides is 1. The first kappa shape index (κ1) is 15.1. The van der Waals surface area contributed by atoms with Gasteiger partial charge in [-0.15, -0.1) is 0 Å². The molecule has 1 saturated heterocycles. The summed E-state index contributed by atoms with van der Waals surface area (Å²) in [6.07, 6.45) is 4.32. The van der Waals surface area contributed by atoms with Crippen molar-refractivity contribution in [3.63, 3.8) is 0 Å². The maximum atomic E-state index is 12.6. The zero-order valence-electron chi connectivity index (χ0n) is 12.6. The van der Waals surface area contributed by atoms with Crippen LogP contribution in [0.25, 0.3) is 10.9 Å². The molecule has 0 saturated carbocycles. The summed E-state index contributed by atoms with van der Waals surface area (Å²) in [6, 6.07) is 7.43. The fourth-order valence-electron chi connectivity index (χ4n) is 2.86. The minimum Gasteiger partial charge on any atom is -0.343 e. The third kappa shape index (κ3) is 2.88. The SMILES string of the molecule is CSc1nc2ccccc2c(=O)n1CCCN1CCCC1=O. The van der Waals surface area contributed by atoms with E-state index in [-0.39, 0.29) is 11.5 Å². The minimum absolute atomic E-state index is 0.00250. The molecule has 2 heterocycles. The molecule has 0 bridgehead atoms. The highest BCUT2D eigenvalue weighted by Gasteiger charge is 2.19. The van der Waals surface area contributed by atoms with Crippen LogP contribution in [0.4, 0.5) is 0 Å². The second-order valence-corrected chi connectivity index (χ2v) is 6.18. The quantitative estimate of drug-likeness (QED) is 0.626. The summed E-state index contributed by atoms with van der Waals surface area (Å²) >= 11 is 1.48. The molecule has 1 aliphatic rings. The van der Waals surface area contributed by atoms with E-state index in [1.54, 1.807) is 4.57 Å². The monoisotopic (exact) mass is 317 g/mol. The third-order valence-corrected chi connectivity index (χ3v) is 4.67. The van der Waals surface area contributed by atoms with E-state index in [0.29, 0.717) is 24.9 Å². The standard InChI is InChI=1S/C16H19N3O2S/c1-22-16-17-13-7-3-2-6-12(13)15(21)19(16)11-5-10-18-9-4-8-14(18)20/h2-3,6-7H,4-5,8-11H2,1H3. The van der Waals surface area contributed by atoms with Gasteiger partial charge in [-0.3, -0.25) is 14.2 Å². The normalized spacial score (nSPS) is 15.0. The number of aromatic nitrogens is 2. The number of rotatable bonds is 5. The van der Waals surface area contributed by atoms with E-state index in [4.69, 9.17) is 0 Å². The highest BCUT2D eigenvalue weighted by Crippen LogP contribution is 2.16. The lowest BCUT2D eigenvalue weighted by atomic mass is 10.2. The van der Waals surface area contributed by atoms with Gasteiger partial charge >= 0.3 is 0 Å². The van der Waals surface area contributed by atoms with E-state index in [2.05, 4.69) is 4.98 Å². The Labute approximate surface area is 133 Å². The van der Waals surface area contributed by atoms with E-state index in [1.807, 2.05) is 35.4 Å². The van der Waals surface area contributed by atoms with Crippen LogP contribution in [0.2, 0.25) is 0 Å². The van der Waals surface area contributed by atoms with Crippen molar-refractivity contribution in [1.82, 2.24) is 14.5 Å². The number of carbonyl (C=O) groups is 1. The van der Waals surface area contributed by atoms with Crippen LogP contribution in [-0.2, 0) is 11.3 Å². The molecule has 1 aromatic carbocycles. The number of fused-ring (bicyclic) bond motifs is 1. The van der Waals surface area contributed by atoms with Crippen molar-refractivity contribution >= 4 is 28.6 Å². The van der Waals surface area contributed by atoms with Crippen LogP contribution < -0.4 is 5.56 Å². The number of nitrogens with zero attached hydrogens (tertiary/aromatic N) is 3. The lowest BCUT2D eigenvalue weighted by Gasteiger charge is -2.17. The molecular weight excluding hydrogens is 298 g/mol. The molecule has 5 nitrogen and oxygen atoms in total. The van der Waals surface area contributed by atoms with Crippen LogP contribution in [-0.4, -0.2) is 39.7 Å². The van der Waals surface area contributed by atoms with Crippen molar-refractivity contribution in [2.75, 3.05) is 19.3 Å². The summed E-state index contributed by atoms with van der Waals surface area (Å²) in [6.45, 7) is 2.15. The van der Waals surface area contributed by atoms with Gasteiger partial charge in [0.15, 0.2) is 5.16 Å². The van der Waals surface area contributed by atoms with Gasteiger partial charge in [-0.25, -0.2) is 4.98 Å². The van der Waals surface area contributed by atoms with Crippen LogP contribution in [0.1, 0.15) is 19.3 Å². The Morgan fingerprint density at radius 2 is 2.05 bits per heavy atom. The van der Waals surface area contributed by atoms with Crippen LogP contribution >= 0.6 is 11.8 Å². The van der Waals surface area contributed by atoms with Crippen molar-refractivity contribution in [3.8, 4) is 0 Å². The van der Waals surface area contributed by atoms with Crippen LogP contribution in [0, 0.1) is 0 Å². The Balaban J connectivity index is 1.81. The zero-order valence-corrected chi connectivity index (χ0v) is 13.4. The summed E-state index contributed by atoms with van der Waals surface area (Å²) in [7, 11) is 0. The fourth-order valence-corrected chi connectivity index (χ4v) is 3.45. The van der Waals surface area contributed by atoms with Gasteiger partial charge in [0.25, 0.3) is 5.56 Å². The summed E-state index contributed by atoms with van der Waals surface area (Å²) in [5, 5.41) is 1.38. The highest BCUT2D eigenvalue weighted by atomic mass is 32.2. The van der Waals surface area contributed by atoms with E-state index >= 15 is 0 Å². The van der Waals surface area contributed by atoms with Crippen molar-refractivity contribution in [2.45, 2.75) is 31.0 Å². The first-order chi connectivity index (χ1) is 10.7. The maximum absolute atomic E-state index is 12.6. The van der Waals surface area contributed by atoms with Gasteiger partial charge in [0.1, 0.15) is 0 Å². The average molecular weight is 317 g/mol. The number of thioether (sulfide) groups is 1. The Morgan fingerprint density at radius 1 is 1.23 bits per heavy atom. The Morgan fingerprint density at radius 3 is 2.77 bits per heavy atom. The summed E-state index contributed by atoms with van der Waals surface area (Å²) in [4.78, 5) is 30.7. The van der Waals surface area contributed by atoms with Gasteiger partial charge in [-0.2, -0.15) is 0 Å².